The van der Waals surface area contributed by atoms with E-state index in [4.69, 9.17) is 14.9 Å². The molecule has 0 spiro atoms. The Balaban J connectivity index is 1.37. The summed E-state index contributed by atoms with van der Waals surface area (Å²) < 4.78 is 11.9. The van der Waals surface area contributed by atoms with E-state index < -0.39 is 0 Å². The highest BCUT2D eigenvalue weighted by molar-refractivity contribution is 6.01. The van der Waals surface area contributed by atoms with E-state index in [2.05, 4.69) is 66.8 Å². The molecule has 7 nitrogen and oxygen atoms in total. The third kappa shape index (κ3) is 7.79. The number of amides is 1. The Kier molecular flexibility index (Phi) is 11.1. The molecule has 4 aromatic rings. The van der Waals surface area contributed by atoms with E-state index >= 15 is 0 Å². The van der Waals surface area contributed by atoms with Crippen LogP contribution in [0, 0.1) is 5.41 Å². The van der Waals surface area contributed by atoms with Gasteiger partial charge in [-0.3, -0.25) is 9.59 Å². The van der Waals surface area contributed by atoms with Crippen LogP contribution in [0.15, 0.2) is 97.1 Å². The second-order valence-electron chi connectivity index (χ2n) is 11.3. The normalized spacial score (nSPS) is 15.0. The van der Waals surface area contributed by atoms with Crippen LogP contribution >= 0.6 is 0 Å². The molecule has 0 aromatic heterocycles. The zero-order valence-corrected chi connectivity index (χ0v) is 26.5. The average Bonchev–Trinajstić information content (AvgIpc) is 3.11. The lowest BCUT2D eigenvalue weighted by Crippen LogP contribution is -2.31. The van der Waals surface area contributed by atoms with Crippen LogP contribution in [0.2, 0.25) is 0 Å². The molecule has 0 aliphatic carbocycles. The van der Waals surface area contributed by atoms with Crippen LogP contribution in [0.3, 0.4) is 0 Å². The second-order valence-corrected chi connectivity index (χ2v) is 11.3. The van der Waals surface area contributed by atoms with Gasteiger partial charge in [0.1, 0.15) is 18.6 Å². The topological polar surface area (TPSA) is 91.7 Å². The van der Waals surface area contributed by atoms with Crippen molar-refractivity contribution in [2.75, 3.05) is 32.1 Å². The predicted molar refractivity (Wildman–Crippen MR) is 185 cm³/mol. The summed E-state index contributed by atoms with van der Waals surface area (Å²) in [7, 11) is 1.70. The number of rotatable bonds is 13. The number of benzene rings is 4. The van der Waals surface area contributed by atoms with Crippen molar-refractivity contribution in [3.05, 3.63) is 130 Å². The summed E-state index contributed by atoms with van der Waals surface area (Å²) in [6.07, 6.45) is 6.05. The molecule has 1 aliphatic rings. The van der Waals surface area contributed by atoms with E-state index in [1.54, 1.807) is 36.2 Å². The second kappa shape index (κ2) is 15.8. The fourth-order valence-electron chi connectivity index (χ4n) is 5.80. The van der Waals surface area contributed by atoms with Crippen molar-refractivity contribution in [2.24, 2.45) is 0 Å². The van der Waals surface area contributed by atoms with Gasteiger partial charge in [0.25, 0.3) is 5.91 Å². The van der Waals surface area contributed by atoms with Gasteiger partial charge in [0, 0.05) is 36.7 Å². The summed E-state index contributed by atoms with van der Waals surface area (Å²) in [6, 6.07) is 31.5. The first kappa shape index (κ1) is 32.4. The summed E-state index contributed by atoms with van der Waals surface area (Å²) in [5, 5.41) is 11.7. The molecular formula is C39H41N3O4. The van der Waals surface area contributed by atoms with Crippen LogP contribution in [0.1, 0.15) is 75.6 Å². The molecule has 0 saturated carbocycles. The summed E-state index contributed by atoms with van der Waals surface area (Å²) in [5.41, 5.74) is 7.98. The first-order chi connectivity index (χ1) is 22.5. The Bertz CT molecular complexity index is 1680. The van der Waals surface area contributed by atoms with Crippen LogP contribution in [-0.2, 0) is 4.74 Å². The number of hydrogen-bond donors (Lipinski definition) is 2. The molecule has 46 heavy (non-hydrogen) atoms. The number of ether oxygens (including phenoxy) is 2. The van der Waals surface area contributed by atoms with E-state index in [-0.39, 0.29) is 12.1 Å². The minimum absolute atomic E-state index is 0.0403. The predicted octanol–water partition coefficient (Wildman–Crippen LogP) is 7.96. The Hall–Kier alpha value is -5.01. The van der Waals surface area contributed by atoms with Gasteiger partial charge >= 0.3 is 0 Å². The van der Waals surface area contributed by atoms with E-state index in [0.717, 1.165) is 65.8 Å². The maximum Gasteiger partial charge on any atom is 0.254 e. The third-order valence-corrected chi connectivity index (χ3v) is 8.27. The molecule has 5 rings (SSSR count). The molecule has 1 unspecified atom stereocenters. The Morgan fingerprint density at radius 1 is 0.935 bits per heavy atom. The lowest BCUT2D eigenvalue weighted by Gasteiger charge is -2.25. The zero-order chi connectivity index (χ0) is 32.3. The van der Waals surface area contributed by atoms with Gasteiger partial charge in [-0.1, -0.05) is 73.7 Å². The van der Waals surface area contributed by atoms with Gasteiger partial charge in [-0.2, -0.15) is 0 Å². The van der Waals surface area contributed by atoms with Crippen molar-refractivity contribution in [2.45, 2.75) is 38.8 Å². The highest BCUT2D eigenvalue weighted by atomic mass is 16.5. The number of likely N-dealkylation sites (N-methyl/N-ethyl adjacent to an activating group) is 1. The van der Waals surface area contributed by atoms with Gasteiger partial charge in [0.05, 0.1) is 12.1 Å². The number of nitrogens with zero attached hydrogens (tertiary/aromatic N) is 1. The lowest BCUT2D eigenvalue weighted by molar-refractivity contribution is 0.0343. The number of carbonyl (C=O) groups is 2. The fourth-order valence-corrected chi connectivity index (χ4v) is 5.80. The molecule has 0 radical (unpaired) electrons. The molecule has 236 valence electrons. The highest BCUT2D eigenvalue weighted by Gasteiger charge is 2.18. The molecule has 1 fully saturated rings. The highest BCUT2D eigenvalue weighted by Crippen LogP contribution is 2.36. The molecule has 1 saturated heterocycles. The molecule has 2 N–H and O–H groups in total. The Labute approximate surface area is 271 Å². The standard InChI is InChI=1S/C39H41N3O4/c1-3-34(28-11-5-4-6-12-28)38(30-18-21-36(32(25-30)26-40)41-37-15-9-10-23-46-37)29-16-19-33(20-17-29)45-24-22-42(2)39(44)35-14-8-7-13-31(35)27-43/h4-8,11-14,16-21,25-27,37,40-41H,3,9-10,15,22-24H2,1-2H3/b38-34+,40-26?. The average molecular weight is 616 g/mol. The van der Waals surface area contributed by atoms with Crippen molar-refractivity contribution >= 4 is 35.2 Å². The van der Waals surface area contributed by atoms with Crippen molar-refractivity contribution in [1.29, 1.82) is 5.41 Å². The summed E-state index contributed by atoms with van der Waals surface area (Å²) in [5.74, 6) is 0.475. The quantitative estimate of drug-likeness (QED) is 0.0905. The molecular weight excluding hydrogens is 574 g/mol. The van der Waals surface area contributed by atoms with E-state index in [9.17, 15) is 9.59 Å². The minimum atomic E-state index is -0.221. The Morgan fingerprint density at radius 3 is 2.37 bits per heavy atom. The molecule has 4 aromatic carbocycles. The maximum atomic E-state index is 12.9. The van der Waals surface area contributed by atoms with Crippen LogP contribution in [-0.4, -0.2) is 56.3 Å². The lowest BCUT2D eigenvalue weighted by atomic mass is 9.87. The minimum Gasteiger partial charge on any atom is -0.492 e. The van der Waals surface area contributed by atoms with E-state index in [1.165, 1.54) is 11.8 Å². The van der Waals surface area contributed by atoms with Crippen LogP contribution in [0.4, 0.5) is 5.69 Å². The first-order valence-electron chi connectivity index (χ1n) is 15.9. The van der Waals surface area contributed by atoms with Crippen molar-refractivity contribution in [3.63, 3.8) is 0 Å². The van der Waals surface area contributed by atoms with E-state index in [1.807, 2.05) is 18.2 Å². The summed E-state index contributed by atoms with van der Waals surface area (Å²) in [6.45, 7) is 3.59. The number of allylic oxidation sites excluding steroid dienone is 1. The van der Waals surface area contributed by atoms with Crippen LogP contribution in [0.25, 0.3) is 11.1 Å². The molecule has 7 heteroatoms. The number of carbonyl (C=O) groups excluding carboxylic acids is 2. The van der Waals surface area contributed by atoms with Gasteiger partial charge in [-0.15, -0.1) is 0 Å². The van der Waals surface area contributed by atoms with E-state index in [0.29, 0.717) is 36.3 Å². The molecule has 1 atom stereocenters. The van der Waals surface area contributed by atoms with Crippen LogP contribution in [0.5, 0.6) is 5.75 Å². The SMILES string of the molecule is CC/C(=C(/c1ccc(OCCN(C)C(=O)c2ccccc2C=O)cc1)c1ccc(NC2CCCCO2)c(C=N)c1)c1ccccc1. The fraction of sp³-hybridized carbons (Fsp3) is 0.256. The van der Waals surface area contributed by atoms with Gasteiger partial charge in [-0.05, 0) is 83.9 Å². The molecule has 1 amide bonds. The van der Waals surface area contributed by atoms with Gasteiger partial charge < -0.3 is 25.1 Å². The number of anilines is 1. The summed E-state index contributed by atoms with van der Waals surface area (Å²) in [4.78, 5) is 25.8. The monoisotopic (exact) mass is 615 g/mol. The number of aldehydes is 1. The van der Waals surface area contributed by atoms with Gasteiger partial charge in [0.15, 0.2) is 6.29 Å². The Morgan fingerprint density at radius 2 is 1.67 bits per heavy atom. The zero-order valence-electron chi connectivity index (χ0n) is 26.5. The van der Waals surface area contributed by atoms with Gasteiger partial charge in [0.2, 0.25) is 0 Å². The van der Waals surface area contributed by atoms with Crippen LogP contribution < -0.4 is 10.1 Å². The molecule has 0 bridgehead atoms. The van der Waals surface area contributed by atoms with Crippen molar-refractivity contribution in [1.82, 2.24) is 4.90 Å². The first-order valence-corrected chi connectivity index (χ1v) is 15.9. The smallest absolute Gasteiger partial charge is 0.254 e. The molecule has 1 aliphatic heterocycles. The maximum absolute atomic E-state index is 12.9. The van der Waals surface area contributed by atoms with Gasteiger partial charge in [-0.25, -0.2) is 0 Å². The molecule has 1 heterocycles. The van der Waals surface area contributed by atoms with Crippen molar-refractivity contribution < 1.29 is 19.1 Å². The number of nitrogens with one attached hydrogen (secondary N) is 2. The third-order valence-electron chi connectivity index (χ3n) is 8.27. The largest absolute Gasteiger partial charge is 0.492 e. The summed E-state index contributed by atoms with van der Waals surface area (Å²) >= 11 is 0. The number of hydrogen-bond acceptors (Lipinski definition) is 6. The van der Waals surface area contributed by atoms with Crippen molar-refractivity contribution in [3.8, 4) is 5.75 Å².